The third-order valence-corrected chi connectivity index (χ3v) is 4.22. The molecule has 3 rings (SSSR count). The molecule has 1 amide bonds. The van der Waals surface area contributed by atoms with Crippen LogP contribution in [0.4, 0.5) is 13.2 Å². The van der Waals surface area contributed by atoms with Crippen molar-refractivity contribution in [1.82, 2.24) is 10.3 Å². The summed E-state index contributed by atoms with van der Waals surface area (Å²) in [5.41, 5.74) is 0.391. The van der Waals surface area contributed by atoms with Crippen LogP contribution in [0.15, 0.2) is 65.2 Å². The first-order chi connectivity index (χ1) is 13.4. The Balaban J connectivity index is 1.47. The second kappa shape index (κ2) is 8.73. The molecule has 0 atom stereocenters. The summed E-state index contributed by atoms with van der Waals surface area (Å²) in [5, 5.41) is 2.64. The van der Waals surface area contributed by atoms with Gasteiger partial charge in [0.05, 0.1) is 11.8 Å². The zero-order valence-electron chi connectivity index (χ0n) is 15.0. The fourth-order valence-corrected chi connectivity index (χ4v) is 2.82. The maximum absolute atomic E-state index is 13.0. The van der Waals surface area contributed by atoms with E-state index in [1.807, 2.05) is 30.3 Å². The lowest BCUT2D eigenvalue weighted by atomic mass is 10.0. The average molecular weight is 388 g/mol. The number of hydrogen-bond acceptors (Lipinski definition) is 3. The number of aryl methyl sites for hydroxylation is 1. The van der Waals surface area contributed by atoms with Crippen molar-refractivity contribution >= 4 is 5.91 Å². The van der Waals surface area contributed by atoms with E-state index in [4.69, 9.17) is 4.42 Å². The highest BCUT2D eigenvalue weighted by atomic mass is 19.4. The van der Waals surface area contributed by atoms with E-state index in [-0.39, 0.29) is 30.9 Å². The van der Waals surface area contributed by atoms with Gasteiger partial charge in [-0.2, -0.15) is 13.2 Å². The zero-order valence-corrected chi connectivity index (χ0v) is 15.0. The molecule has 1 aromatic heterocycles. The summed E-state index contributed by atoms with van der Waals surface area (Å²) in [5.74, 6) is 0.806. The van der Waals surface area contributed by atoms with Crippen molar-refractivity contribution in [2.45, 2.75) is 25.4 Å². The number of amides is 1. The van der Waals surface area contributed by atoms with Crippen LogP contribution in [0.1, 0.15) is 23.4 Å². The molecule has 1 N–H and O–H groups in total. The molecule has 0 bridgehead atoms. The summed E-state index contributed by atoms with van der Waals surface area (Å²) >= 11 is 0. The standard InChI is InChI=1S/C21H19F3N2O2/c22-21(23,24)17-9-5-4-6-15(17)12-13-25-19(27)10-11-20-26-14-18(28-20)16-7-2-1-3-8-16/h1-9,14H,10-13H2,(H,25,27). The number of nitrogens with one attached hydrogen (secondary N) is 1. The smallest absolute Gasteiger partial charge is 0.416 e. The van der Waals surface area contributed by atoms with E-state index >= 15 is 0 Å². The molecule has 7 heteroatoms. The second-order valence-corrected chi connectivity index (χ2v) is 6.24. The van der Waals surface area contributed by atoms with Crippen LogP contribution >= 0.6 is 0 Å². The molecule has 0 aliphatic heterocycles. The van der Waals surface area contributed by atoms with Crippen molar-refractivity contribution in [3.63, 3.8) is 0 Å². The topological polar surface area (TPSA) is 55.1 Å². The first-order valence-electron chi connectivity index (χ1n) is 8.85. The minimum atomic E-state index is -4.40. The predicted octanol–water partition coefficient (Wildman–Crippen LogP) is 4.65. The van der Waals surface area contributed by atoms with Gasteiger partial charge in [0.2, 0.25) is 5.91 Å². The van der Waals surface area contributed by atoms with Crippen LogP contribution < -0.4 is 5.32 Å². The molecule has 0 spiro atoms. The highest BCUT2D eigenvalue weighted by Gasteiger charge is 2.32. The van der Waals surface area contributed by atoms with E-state index in [9.17, 15) is 18.0 Å². The van der Waals surface area contributed by atoms with Gasteiger partial charge in [0.15, 0.2) is 11.7 Å². The number of benzene rings is 2. The number of nitrogens with zero attached hydrogens (tertiary/aromatic N) is 1. The van der Waals surface area contributed by atoms with Crippen LogP contribution in [-0.4, -0.2) is 17.4 Å². The minimum Gasteiger partial charge on any atom is -0.441 e. The van der Waals surface area contributed by atoms with Gasteiger partial charge in [-0.1, -0.05) is 48.5 Å². The second-order valence-electron chi connectivity index (χ2n) is 6.24. The molecule has 2 aromatic carbocycles. The van der Waals surface area contributed by atoms with Crippen molar-refractivity contribution in [1.29, 1.82) is 0 Å². The van der Waals surface area contributed by atoms with Gasteiger partial charge in [-0.25, -0.2) is 4.98 Å². The summed E-state index contributed by atoms with van der Waals surface area (Å²) in [6, 6.07) is 14.9. The number of halogens is 3. The van der Waals surface area contributed by atoms with Crippen LogP contribution in [0, 0.1) is 0 Å². The Hall–Kier alpha value is -3.09. The fourth-order valence-electron chi connectivity index (χ4n) is 2.82. The van der Waals surface area contributed by atoms with Gasteiger partial charge < -0.3 is 9.73 Å². The normalized spacial score (nSPS) is 11.4. The number of rotatable bonds is 7. The quantitative estimate of drug-likeness (QED) is 0.641. The largest absolute Gasteiger partial charge is 0.441 e. The van der Waals surface area contributed by atoms with Crippen molar-refractivity contribution in [3.05, 3.63) is 77.8 Å². The van der Waals surface area contributed by atoms with Crippen LogP contribution in [0.3, 0.4) is 0 Å². The summed E-state index contributed by atoms with van der Waals surface area (Å²) < 4.78 is 44.5. The van der Waals surface area contributed by atoms with Gasteiger partial charge in [-0.3, -0.25) is 4.79 Å². The number of oxazole rings is 1. The highest BCUT2D eigenvalue weighted by Crippen LogP contribution is 2.31. The Kier molecular flexibility index (Phi) is 6.13. The average Bonchev–Trinajstić information content (AvgIpc) is 3.16. The van der Waals surface area contributed by atoms with E-state index in [1.165, 1.54) is 12.1 Å². The van der Waals surface area contributed by atoms with E-state index in [0.717, 1.165) is 11.6 Å². The number of carbonyl (C=O) groups is 1. The Morgan fingerprint density at radius 3 is 2.46 bits per heavy atom. The molecule has 0 saturated carbocycles. The molecule has 1 heterocycles. The third-order valence-electron chi connectivity index (χ3n) is 4.22. The van der Waals surface area contributed by atoms with Crippen LogP contribution in [0.2, 0.25) is 0 Å². The lowest BCUT2D eigenvalue weighted by molar-refractivity contribution is -0.138. The fraction of sp³-hybridized carbons (Fsp3) is 0.238. The minimum absolute atomic E-state index is 0.110. The van der Waals surface area contributed by atoms with Gasteiger partial charge in [0.1, 0.15) is 0 Å². The molecule has 4 nitrogen and oxygen atoms in total. The molecule has 0 aliphatic carbocycles. The van der Waals surface area contributed by atoms with Gasteiger partial charge in [-0.05, 0) is 18.1 Å². The molecular formula is C21H19F3N2O2. The Labute approximate surface area is 160 Å². The van der Waals surface area contributed by atoms with Gasteiger partial charge in [0.25, 0.3) is 0 Å². The summed E-state index contributed by atoms with van der Waals surface area (Å²) in [4.78, 5) is 16.1. The molecule has 0 unspecified atom stereocenters. The van der Waals surface area contributed by atoms with E-state index in [0.29, 0.717) is 18.1 Å². The van der Waals surface area contributed by atoms with Gasteiger partial charge in [0, 0.05) is 24.9 Å². The molecule has 0 radical (unpaired) electrons. The molecule has 28 heavy (non-hydrogen) atoms. The molecule has 0 saturated heterocycles. The van der Waals surface area contributed by atoms with Crippen molar-refractivity contribution in [2.75, 3.05) is 6.54 Å². The first-order valence-corrected chi connectivity index (χ1v) is 8.85. The van der Waals surface area contributed by atoms with E-state index in [1.54, 1.807) is 12.3 Å². The summed E-state index contributed by atoms with van der Waals surface area (Å²) in [6.07, 6.45) is -2.22. The molecular weight excluding hydrogens is 369 g/mol. The zero-order chi connectivity index (χ0) is 20.0. The summed E-state index contributed by atoms with van der Waals surface area (Å²) in [7, 11) is 0. The van der Waals surface area contributed by atoms with Crippen LogP contribution in [-0.2, 0) is 23.8 Å². The molecule has 0 fully saturated rings. The van der Waals surface area contributed by atoms with Crippen molar-refractivity contribution in [2.24, 2.45) is 0 Å². The summed E-state index contributed by atoms with van der Waals surface area (Å²) in [6.45, 7) is 0.132. The number of alkyl halides is 3. The van der Waals surface area contributed by atoms with Crippen molar-refractivity contribution in [3.8, 4) is 11.3 Å². The SMILES string of the molecule is O=C(CCc1ncc(-c2ccccc2)o1)NCCc1ccccc1C(F)(F)F. The maximum atomic E-state index is 13.0. The monoisotopic (exact) mass is 388 g/mol. The van der Waals surface area contributed by atoms with Gasteiger partial charge in [-0.15, -0.1) is 0 Å². The Morgan fingerprint density at radius 1 is 1.00 bits per heavy atom. The van der Waals surface area contributed by atoms with E-state index < -0.39 is 11.7 Å². The Bertz CT molecular complexity index is 921. The highest BCUT2D eigenvalue weighted by molar-refractivity contribution is 5.76. The van der Waals surface area contributed by atoms with Crippen LogP contribution in [0.5, 0.6) is 0 Å². The maximum Gasteiger partial charge on any atom is 0.416 e. The molecule has 3 aromatic rings. The Morgan fingerprint density at radius 2 is 1.71 bits per heavy atom. The van der Waals surface area contributed by atoms with Crippen LogP contribution in [0.25, 0.3) is 11.3 Å². The predicted molar refractivity (Wildman–Crippen MR) is 98.4 cm³/mol. The first kappa shape index (κ1) is 19.7. The number of carbonyl (C=O) groups excluding carboxylic acids is 1. The van der Waals surface area contributed by atoms with Gasteiger partial charge >= 0.3 is 6.18 Å². The molecule has 0 aliphatic rings. The van der Waals surface area contributed by atoms with Crippen molar-refractivity contribution < 1.29 is 22.4 Å². The van der Waals surface area contributed by atoms with E-state index in [2.05, 4.69) is 10.3 Å². The lowest BCUT2D eigenvalue weighted by Crippen LogP contribution is -2.26. The third kappa shape index (κ3) is 5.22. The molecule has 146 valence electrons. The lowest BCUT2D eigenvalue weighted by Gasteiger charge is -2.12. The number of aromatic nitrogens is 1. The number of hydrogen-bond donors (Lipinski definition) is 1.